The highest BCUT2D eigenvalue weighted by molar-refractivity contribution is 6.42. The highest BCUT2D eigenvalue weighted by Gasteiger charge is 2.44. The summed E-state index contributed by atoms with van der Waals surface area (Å²) in [4.78, 5) is 0. The normalized spacial score (nSPS) is 17.9. The van der Waals surface area contributed by atoms with Crippen molar-refractivity contribution in [2.24, 2.45) is 5.73 Å². The molecule has 0 radical (unpaired) electrons. The fraction of sp³-hybridized carbons (Fsp3) is 0.400. The van der Waals surface area contributed by atoms with Crippen LogP contribution in [0.1, 0.15) is 12.8 Å². The van der Waals surface area contributed by atoms with Gasteiger partial charge in [0.15, 0.2) is 0 Å². The number of hydrogen-bond acceptors (Lipinski definition) is 2. The Bertz CT molecular complexity index is 350. The smallest absolute Gasteiger partial charge is 0.140 e. The molecule has 0 unspecified atom stereocenters. The van der Waals surface area contributed by atoms with Crippen LogP contribution >= 0.6 is 23.2 Å². The molecule has 1 fully saturated rings. The molecule has 0 heterocycles. The maximum Gasteiger partial charge on any atom is 0.140 e. The van der Waals surface area contributed by atoms with Crippen molar-refractivity contribution in [3.8, 4) is 5.75 Å². The molecule has 0 bridgehead atoms. The highest BCUT2D eigenvalue weighted by atomic mass is 35.5. The van der Waals surface area contributed by atoms with Crippen LogP contribution in [-0.2, 0) is 0 Å². The summed E-state index contributed by atoms with van der Waals surface area (Å²) in [5.41, 5.74) is 5.42. The second kappa shape index (κ2) is 3.61. The van der Waals surface area contributed by atoms with E-state index >= 15 is 0 Å². The molecule has 1 saturated carbocycles. The Morgan fingerprint density at radius 2 is 2.07 bits per heavy atom. The molecule has 0 aromatic heterocycles. The van der Waals surface area contributed by atoms with E-state index in [4.69, 9.17) is 33.7 Å². The zero-order valence-corrected chi connectivity index (χ0v) is 9.11. The zero-order valence-electron chi connectivity index (χ0n) is 7.59. The number of rotatable bonds is 3. The van der Waals surface area contributed by atoms with E-state index in [0.29, 0.717) is 22.3 Å². The number of halogens is 2. The van der Waals surface area contributed by atoms with Crippen molar-refractivity contribution in [2.45, 2.75) is 18.4 Å². The summed E-state index contributed by atoms with van der Waals surface area (Å²) >= 11 is 11.8. The Hall–Kier alpha value is -0.440. The molecule has 1 aromatic rings. The van der Waals surface area contributed by atoms with Gasteiger partial charge in [0.05, 0.1) is 5.02 Å². The second-order valence-corrected chi connectivity index (χ2v) is 4.33. The van der Waals surface area contributed by atoms with Crippen molar-refractivity contribution in [2.75, 3.05) is 6.54 Å². The molecule has 2 N–H and O–H groups in total. The highest BCUT2D eigenvalue weighted by Crippen LogP contribution is 2.42. The van der Waals surface area contributed by atoms with E-state index in [1.54, 1.807) is 6.07 Å². The van der Waals surface area contributed by atoms with Crippen LogP contribution in [0, 0.1) is 0 Å². The van der Waals surface area contributed by atoms with E-state index in [1.807, 2.05) is 12.1 Å². The van der Waals surface area contributed by atoms with Gasteiger partial charge in [0.2, 0.25) is 0 Å². The predicted molar refractivity (Wildman–Crippen MR) is 58.1 cm³/mol. The Labute approximate surface area is 92.9 Å². The van der Waals surface area contributed by atoms with Gasteiger partial charge in [-0.15, -0.1) is 0 Å². The lowest BCUT2D eigenvalue weighted by atomic mass is 10.3. The molecule has 4 heteroatoms. The van der Waals surface area contributed by atoms with Crippen LogP contribution in [0.15, 0.2) is 18.2 Å². The first-order chi connectivity index (χ1) is 6.67. The fourth-order valence-corrected chi connectivity index (χ4v) is 1.61. The van der Waals surface area contributed by atoms with Gasteiger partial charge in [-0.05, 0) is 25.0 Å². The van der Waals surface area contributed by atoms with E-state index in [0.717, 1.165) is 12.8 Å². The molecular weight excluding hydrogens is 221 g/mol. The molecule has 1 aliphatic carbocycles. The van der Waals surface area contributed by atoms with E-state index in [1.165, 1.54) is 0 Å². The molecule has 0 spiro atoms. The summed E-state index contributed by atoms with van der Waals surface area (Å²) in [7, 11) is 0. The van der Waals surface area contributed by atoms with Crippen molar-refractivity contribution in [3.05, 3.63) is 28.2 Å². The monoisotopic (exact) mass is 231 g/mol. The molecule has 1 aliphatic rings. The largest absolute Gasteiger partial charge is 0.484 e. The van der Waals surface area contributed by atoms with Crippen LogP contribution in [0.25, 0.3) is 0 Å². The summed E-state index contributed by atoms with van der Waals surface area (Å²) in [5, 5.41) is 0.978. The van der Waals surface area contributed by atoms with E-state index in [-0.39, 0.29) is 5.60 Å². The third kappa shape index (κ3) is 1.83. The Morgan fingerprint density at radius 1 is 1.36 bits per heavy atom. The van der Waals surface area contributed by atoms with Gasteiger partial charge in [0.25, 0.3) is 0 Å². The summed E-state index contributed by atoms with van der Waals surface area (Å²) in [6, 6.07) is 5.36. The molecule has 0 aliphatic heterocycles. The summed E-state index contributed by atoms with van der Waals surface area (Å²) < 4.78 is 5.73. The van der Waals surface area contributed by atoms with Gasteiger partial charge in [0.1, 0.15) is 16.4 Å². The molecule has 2 nitrogen and oxygen atoms in total. The van der Waals surface area contributed by atoms with Crippen molar-refractivity contribution in [1.82, 2.24) is 0 Å². The predicted octanol–water partition coefficient (Wildman–Crippen LogP) is 2.86. The van der Waals surface area contributed by atoms with E-state index in [2.05, 4.69) is 0 Å². The molecule has 0 atom stereocenters. The SMILES string of the molecule is NCC1(Oc2cccc(Cl)c2Cl)CC1. The standard InChI is InChI=1S/C10H11Cl2NO/c11-7-2-1-3-8(9(7)12)14-10(6-13)4-5-10/h1-3H,4-6,13H2. The van der Waals surface area contributed by atoms with Crippen LogP contribution in [0.2, 0.25) is 10.0 Å². The maximum absolute atomic E-state index is 5.99. The third-order valence-electron chi connectivity index (χ3n) is 2.42. The average Bonchev–Trinajstić information content (AvgIpc) is 2.94. The van der Waals surface area contributed by atoms with Gasteiger partial charge in [0, 0.05) is 6.54 Å². The molecule has 1 aromatic carbocycles. The number of hydrogen-bond donors (Lipinski definition) is 1. The molecule has 76 valence electrons. The Kier molecular flexibility index (Phi) is 2.60. The lowest BCUT2D eigenvalue weighted by Crippen LogP contribution is -2.28. The van der Waals surface area contributed by atoms with Gasteiger partial charge >= 0.3 is 0 Å². The first-order valence-electron chi connectivity index (χ1n) is 4.50. The number of nitrogens with two attached hydrogens (primary N) is 1. The second-order valence-electron chi connectivity index (χ2n) is 3.54. The van der Waals surface area contributed by atoms with E-state index < -0.39 is 0 Å². The lowest BCUT2D eigenvalue weighted by molar-refractivity contribution is 0.188. The molecule has 0 saturated heterocycles. The van der Waals surface area contributed by atoms with Crippen molar-refractivity contribution in [3.63, 3.8) is 0 Å². The minimum absolute atomic E-state index is 0.186. The van der Waals surface area contributed by atoms with Crippen molar-refractivity contribution < 1.29 is 4.74 Å². The van der Waals surface area contributed by atoms with Crippen LogP contribution in [0.4, 0.5) is 0 Å². The number of benzene rings is 1. The zero-order chi connectivity index (χ0) is 10.2. The van der Waals surface area contributed by atoms with Crippen LogP contribution in [0.5, 0.6) is 5.75 Å². The molecule has 2 rings (SSSR count). The Balaban J connectivity index is 2.21. The third-order valence-corrected chi connectivity index (χ3v) is 3.22. The van der Waals surface area contributed by atoms with Crippen molar-refractivity contribution >= 4 is 23.2 Å². The molecule has 0 amide bonds. The summed E-state index contributed by atoms with van der Waals surface area (Å²) in [6.07, 6.45) is 1.98. The van der Waals surface area contributed by atoms with Gasteiger partial charge in [-0.2, -0.15) is 0 Å². The summed E-state index contributed by atoms with van der Waals surface area (Å²) in [5.74, 6) is 0.627. The van der Waals surface area contributed by atoms with Gasteiger partial charge in [-0.3, -0.25) is 0 Å². The van der Waals surface area contributed by atoms with Crippen LogP contribution in [-0.4, -0.2) is 12.1 Å². The van der Waals surface area contributed by atoms with Gasteiger partial charge in [-0.25, -0.2) is 0 Å². The lowest BCUT2D eigenvalue weighted by Gasteiger charge is -2.17. The topological polar surface area (TPSA) is 35.2 Å². The van der Waals surface area contributed by atoms with Gasteiger partial charge < -0.3 is 10.5 Å². The molecular formula is C10H11Cl2NO. The summed E-state index contributed by atoms with van der Waals surface area (Å²) in [6.45, 7) is 0.524. The van der Waals surface area contributed by atoms with Crippen molar-refractivity contribution in [1.29, 1.82) is 0 Å². The van der Waals surface area contributed by atoms with E-state index in [9.17, 15) is 0 Å². The fourth-order valence-electron chi connectivity index (χ4n) is 1.28. The number of ether oxygens (including phenoxy) is 1. The van der Waals surface area contributed by atoms with Gasteiger partial charge in [-0.1, -0.05) is 29.3 Å². The van der Waals surface area contributed by atoms with Crippen LogP contribution < -0.4 is 10.5 Å². The first kappa shape index (κ1) is 10.1. The molecule has 14 heavy (non-hydrogen) atoms. The Morgan fingerprint density at radius 3 is 2.64 bits per heavy atom. The van der Waals surface area contributed by atoms with Crippen LogP contribution in [0.3, 0.4) is 0 Å². The average molecular weight is 232 g/mol. The minimum Gasteiger partial charge on any atom is -0.484 e. The first-order valence-corrected chi connectivity index (χ1v) is 5.26. The quantitative estimate of drug-likeness (QED) is 0.869. The maximum atomic E-state index is 5.99. The minimum atomic E-state index is -0.186.